The first-order valence-electron chi connectivity index (χ1n) is 5.62. The SMILES string of the molecule is COCC(=O)C(C)NC(=O)OCc1ccccc1. The van der Waals surface area contributed by atoms with Gasteiger partial charge in [-0.1, -0.05) is 30.3 Å². The minimum absolute atomic E-state index is 0.0276. The zero-order chi connectivity index (χ0) is 13.4. The molecule has 0 spiro atoms. The molecule has 0 fully saturated rings. The van der Waals surface area contributed by atoms with Gasteiger partial charge in [-0.15, -0.1) is 0 Å². The molecule has 0 aliphatic rings. The molecular formula is C13H17NO4. The molecule has 1 atom stereocenters. The molecule has 0 saturated carbocycles. The first kappa shape index (κ1) is 14.2. The molecular weight excluding hydrogens is 234 g/mol. The van der Waals surface area contributed by atoms with E-state index in [1.165, 1.54) is 7.11 Å². The lowest BCUT2D eigenvalue weighted by atomic mass is 10.2. The number of ether oxygens (including phenoxy) is 2. The molecule has 98 valence electrons. The van der Waals surface area contributed by atoms with Crippen LogP contribution < -0.4 is 5.32 Å². The zero-order valence-corrected chi connectivity index (χ0v) is 10.5. The Morgan fingerprint density at radius 1 is 1.28 bits per heavy atom. The van der Waals surface area contributed by atoms with Crippen molar-refractivity contribution in [2.24, 2.45) is 0 Å². The monoisotopic (exact) mass is 251 g/mol. The lowest BCUT2D eigenvalue weighted by Gasteiger charge is -2.12. The predicted octanol–water partition coefficient (Wildman–Crippen LogP) is 1.52. The summed E-state index contributed by atoms with van der Waals surface area (Å²) in [5.41, 5.74) is 0.892. The van der Waals surface area contributed by atoms with Crippen LogP contribution in [0.4, 0.5) is 4.79 Å². The van der Waals surface area contributed by atoms with Gasteiger partial charge in [-0.05, 0) is 12.5 Å². The number of benzene rings is 1. The minimum atomic E-state index is -0.617. The number of methoxy groups -OCH3 is 1. The maximum Gasteiger partial charge on any atom is 0.408 e. The second-order valence-corrected chi connectivity index (χ2v) is 3.83. The second kappa shape index (κ2) is 7.45. The highest BCUT2D eigenvalue weighted by Crippen LogP contribution is 2.00. The normalized spacial score (nSPS) is 11.7. The van der Waals surface area contributed by atoms with E-state index in [-0.39, 0.29) is 19.0 Å². The van der Waals surface area contributed by atoms with Crippen molar-refractivity contribution >= 4 is 11.9 Å². The molecule has 18 heavy (non-hydrogen) atoms. The number of nitrogens with one attached hydrogen (secondary N) is 1. The number of carbonyl (C=O) groups excluding carboxylic acids is 2. The van der Waals surface area contributed by atoms with Gasteiger partial charge in [-0.2, -0.15) is 0 Å². The number of ketones is 1. The van der Waals surface area contributed by atoms with Crippen molar-refractivity contribution in [3.63, 3.8) is 0 Å². The van der Waals surface area contributed by atoms with Crippen molar-refractivity contribution in [2.45, 2.75) is 19.6 Å². The van der Waals surface area contributed by atoms with E-state index in [1.54, 1.807) is 6.92 Å². The number of carbonyl (C=O) groups is 2. The Balaban J connectivity index is 2.31. The molecule has 0 aliphatic heterocycles. The van der Waals surface area contributed by atoms with Gasteiger partial charge < -0.3 is 14.8 Å². The Morgan fingerprint density at radius 2 is 1.94 bits per heavy atom. The summed E-state index contributed by atoms with van der Waals surface area (Å²) in [5, 5.41) is 2.44. The minimum Gasteiger partial charge on any atom is -0.445 e. The van der Waals surface area contributed by atoms with Crippen LogP contribution in [0.5, 0.6) is 0 Å². The molecule has 1 aromatic carbocycles. The fourth-order valence-corrected chi connectivity index (χ4v) is 1.29. The fourth-order valence-electron chi connectivity index (χ4n) is 1.29. The molecule has 0 saturated heterocycles. The molecule has 0 aromatic heterocycles. The van der Waals surface area contributed by atoms with E-state index in [0.717, 1.165) is 5.56 Å². The third-order valence-electron chi connectivity index (χ3n) is 2.32. The third-order valence-corrected chi connectivity index (χ3v) is 2.32. The van der Waals surface area contributed by atoms with Gasteiger partial charge in [0.05, 0.1) is 6.04 Å². The number of amides is 1. The van der Waals surface area contributed by atoms with E-state index in [2.05, 4.69) is 5.32 Å². The van der Waals surface area contributed by atoms with Crippen molar-refractivity contribution in [2.75, 3.05) is 13.7 Å². The van der Waals surface area contributed by atoms with Gasteiger partial charge in [0.2, 0.25) is 0 Å². The number of alkyl carbamates (subject to hydrolysis) is 1. The summed E-state index contributed by atoms with van der Waals surface area (Å²) in [6.07, 6.45) is -0.615. The standard InChI is InChI=1S/C13H17NO4/c1-10(12(15)9-17-2)14-13(16)18-8-11-6-4-3-5-7-11/h3-7,10H,8-9H2,1-2H3,(H,14,16). The average Bonchev–Trinajstić information content (AvgIpc) is 2.38. The highest BCUT2D eigenvalue weighted by molar-refractivity contribution is 5.87. The molecule has 5 heteroatoms. The summed E-state index contributed by atoms with van der Waals surface area (Å²) in [5.74, 6) is -0.200. The lowest BCUT2D eigenvalue weighted by Crippen LogP contribution is -2.40. The smallest absolute Gasteiger partial charge is 0.408 e. The fraction of sp³-hybridized carbons (Fsp3) is 0.385. The molecule has 0 radical (unpaired) electrons. The van der Waals surface area contributed by atoms with Crippen LogP contribution >= 0.6 is 0 Å². The molecule has 0 aliphatic carbocycles. The van der Waals surface area contributed by atoms with Crippen LogP contribution in [0.1, 0.15) is 12.5 Å². The number of hydrogen-bond donors (Lipinski definition) is 1. The van der Waals surface area contributed by atoms with Crippen LogP contribution in [-0.4, -0.2) is 31.6 Å². The molecule has 1 amide bonds. The van der Waals surface area contributed by atoms with Gasteiger partial charge in [0.1, 0.15) is 13.2 Å². The van der Waals surface area contributed by atoms with Crippen LogP contribution in [-0.2, 0) is 20.9 Å². The summed E-state index contributed by atoms with van der Waals surface area (Å²) in [6.45, 7) is 1.74. The van der Waals surface area contributed by atoms with Gasteiger partial charge in [-0.3, -0.25) is 4.79 Å². The maximum absolute atomic E-state index is 11.4. The Bertz CT molecular complexity index is 391. The number of hydrogen-bond acceptors (Lipinski definition) is 4. The van der Waals surface area contributed by atoms with Gasteiger partial charge in [0.15, 0.2) is 5.78 Å². The average molecular weight is 251 g/mol. The molecule has 5 nitrogen and oxygen atoms in total. The summed E-state index contributed by atoms with van der Waals surface area (Å²) in [7, 11) is 1.43. The Morgan fingerprint density at radius 3 is 2.56 bits per heavy atom. The van der Waals surface area contributed by atoms with Crippen molar-refractivity contribution in [3.8, 4) is 0 Å². The molecule has 0 heterocycles. The van der Waals surface area contributed by atoms with Crippen LogP contribution in [0.3, 0.4) is 0 Å². The number of Topliss-reactive ketones (excluding diaryl/α,β-unsaturated/α-hetero) is 1. The van der Waals surface area contributed by atoms with Crippen molar-refractivity contribution < 1.29 is 19.1 Å². The van der Waals surface area contributed by atoms with Gasteiger partial charge in [-0.25, -0.2) is 4.79 Å². The van der Waals surface area contributed by atoms with E-state index in [4.69, 9.17) is 9.47 Å². The summed E-state index contributed by atoms with van der Waals surface area (Å²) in [4.78, 5) is 22.8. The van der Waals surface area contributed by atoms with Crippen molar-refractivity contribution in [1.29, 1.82) is 0 Å². The highest BCUT2D eigenvalue weighted by Gasteiger charge is 2.15. The van der Waals surface area contributed by atoms with E-state index in [0.29, 0.717) is 0 Å². The molecule has 1 rings (SSSR count). The lowest BCUT2D eigenvalue weighted by molar-refractivity contribution is -0.124. The van der Waals surface area contributed by atoms with Gasteiger partial charge in [0, 0.05) is 7.11 Å². The maximum atomic E-state index is 11.4. The highest BCUT2D eigenvalue weighted by atomic mass is 16.5. The quantitative estimate of drug-likeness (QED) is 0.832. The van der Waals surface area contributed by atoms with E-state index in [9.17, 15) is 9.59 Å². The van der Waals surface area contributed by atoms with Crippen LogP contribution in [0.15, 0.2) is 30.3 Å². The largest absolute Gasteiger partial charge is 0.445 e. The zero-order valence-electron chi connectivity index (χ0n) is 10.5. The summed E-state index contributed by atoms with van der Waals surface area (Å²) in [6, 6.07) is 8.70. The summed E-state index contributed by atoms with van der Waals surface area (Å²) >= 11 is 0. The second-order valence-electron chi connectivity index (χ2n) is 3.83. The third kappa shape index (κ3) is 4.97. The van der Waals surface area contributed by atoms with E-state index >= 15 is 0 Å². The molecule has 1 aromatic rings. The van der Waals surface area contributed by atoms with Crippen molar-refractivity contribution in [1.82, 2.24) is 5.32 Å². The van der Waals surface area contributed by atoms with Crippen LogP contribution in [0, 0.1) is 0 Å². The van der Waals surface area contributed by atoms with Gasteiger partial charge in [0.25, 0.3) is 0 Å². The Kier molecular flexibility index (Phi) is 5.87. The predicted molar refractivity (Wildman–Crippen MR) is 66.1 cm³/mol. The van der Waals surface area contributed by atoms with Crippen LogP contribution in [0.25, 0.3) is 0 Å². The molecule has 1 N–H and O–H groups in total. The molecule has 0 bridgehead atoms. The van der Waals surface area contributed by atoms with Crippen molar-refractivity contribution in [3.05, 3.63) is 35.9 Å². The topological polar surface area (TPSA) is 64.6 Å². The van der Waals surface area contributed by atoms with E-state index < -0.39 is 12.1 Å². The first-order valence-corrected chi connectivity index (χ1v) is 5.62. The van der Waals surface area contributed by atoms with E-state index in [1.807, 2.05) is 30.3 Å². The van der Waals surface area contributed by atoms with Gasteiger partial charge >= 0.3 is 6.09 Å². The Labute approximate surface area is 106 Å². The summed E-state index contributed by atoms with van der Waals surface area (Å²) < 4.78 is 9.68. The Hall–Kier alpha value is -1.88. The number of rotatable bonds is 6. The first-order chi connectivity index (χ1) is 8.63. The molecule has 1 unspecified atom stereocenters. The van der Waals surface area contributed by atoms with Crippen LogP contribution in [0.2, 0.25) is 0 Å².